The average molecular weight is 117 g/mol. The third-order valence-corrected chi connectivity index (χ3v) is 0.496. The number of carbonyl (C=O) groups is 2. The fourth-order valence-corrected chi connectivity index (χ4v) is 0.246. The number of hydrogen-bond donors (Lipinski definition) is 1. The molecule has 0 aromatic carbocycles. The van der Waals surface area contributed by atoms with Crippen LogP contribution in [0.15, 0.2) is 0 Å². The first-order valence-corrected chi connectivity index (χ1v) is 2.34. The number of hydrogen-bond acceptors (Lipinski definition) is 2. The summed E-state index contributed by atoms with van der Waals surface area (Å²) in [4.78, 5) is 17.8. The maximum atomic E-state index is 9.82. The summed E-state index contributed by atoms with van der Waals surface area (Å²) >= 11 is 0. The molecule has 0 aromatic rings. The summed E-state index contributed by atoms with van der Waals surface area (Å²) in [5.41, 5.74) is 4.76. The summed E-state index contributed by atoms with van der Waals surface area (Å²) in [6, 6.07) is 0. The molecule has 0 atom stereocenters. The highest BCUT2D eigenvalue weighted by Gasteiger charge is 1.84. The van der Waals surface area contributed by atoms with Crippen LogP contribution in [0.2, 0.25) is 0 Å². The molecule has 3 nitrogen and oxygen atoms in total. The van der Waals surface area contributed by atoms with Gasteiger partial charge in [-0.2, -0.15) is 0 Å². The van der Waals surface area contributed by atoms with Crippen LogP contribution in [0.3, 0.4) is 0 Å². The van der Waals surface area contributed by atoms with E-state index in [1.807, 2.05) is 13.7 Å². The van der Waals surface area contributed by atoms with E-state index in [9.17, 15) is 4.79 Å². The predicted octanol–water partition coefficient (Wildman–Crippen LogP) is 0.0869. The molecule has 2 N–H and O–H groups in total. The van der Waals surface area contributed by atoms with Crippen molar-refractivity contribution in [3.8, 4) is 0 Å². The quantitative estimate of drug-likeness (QED) is 0.557. The topological polar surface area (TPSA) is 60.2 Å². The van der Waals surface area contributed by atoms with Gasteiger partial charge >= 0.3 is 0 Å². The van der Waals surface area contributed by atoms with Crippen molar-refractivity contribution in [1.29, 1.82) is 0 Å². The SMILES string of the molecule is C=O.CCCC(N)=O. The normalized spacial score (nSPS) is 6.62. The molecule has 0 heterocycles. The molecular formula is C5H11NO2. The molecule has 0 aromatic heterocycles. The van der Waals surface area contributed by atoms with Crippen molar-refractivity contribution >= 4 is 12.7 Å². The Kier molecular flexibility index (Phi) is 12.1. The zero-order chi connectivity index (χ0) is 6.99. The molecule has 0 aliphatic rings. The van der Waals surface area contributed by atoms with E-state index in [-0.39, 0.29) is 5.91 Å². The van der Waals surface area contributed by atoms with E-state index in [0.717, 1.165) is 6.42 Å². The van der Waals surface area contributed by atoms with Crippen molar-refractivity contribution in [3.05, 3.63) is 0 Å². The van der Waals surface area contributed by atoms with Crippen LogP contribution in [-0.4, -0.2) is 12.7 Å². The standard InChI is InChI=1S/C4H9NO.CH2O/c1-2-3-4(5)6;1-2/h2-3H2,1H3,(H2,5,6);1H2. The van der Waals surface area contributed by atoms with Gasteiger partial charge in [-0.3, -0.25) is 4.79 Å². The average Bonchev–Trinajstić information content (AvgIpc) is 1.72. The maximum absolute atomic E-state index is 9.82. The van der Waals surface area contributed by atoms with Gasteiger partial charge in [0.2, 0.25) is 5.91 Å². The Balaban J connectivity index is 0. The Morgan fingerprint density at radius 3 is 2.00 bits per heavy atom. The molecule has 8 heavy (non-hydrogen) atoms. The smallest absolute Gasteiger partial charge is 0.217 e. The number of nitrogens with two attached hydrogens (primary N) is 1. The summed E-state index contributed by atoms with van der Waals surface area (Å²) in [6.45, 7) is 3.92. The highest BCUT2D eigenvalue weighted by Crippen LogP contribution is 1.79. The summed E-state index contributed by atoms with van der Waals surface area (Å²) in [5.74, 6) is -0.211. The molecule has 0 saturated heterocycles. The second kappa shape index (κ2) is 9.46. The Morgan fingerprint density at radius 2 is 2.00 bits per heavy atom. The lowest BCUT2D eigenvalue weighted by atomic mass is 10.3. The van der Waals surface area contributed by atoms with Gasteiger partial charge < -0.3 is 10.5 Å². The first kappa shape index (κ1) is 10.2. The van der Waals surface area contributed by atoms with Gasteiger partial charge in [0.05, 0.1) is 0 Å². The molecule has 0 aliphatic heterocycles. The number of primary amides is 1. The van der Waals surface area contributed by atoms with Crippen LogP contribution in [0.5, 0.6) is 0 Å². The lowest BCUT2D eigenvalue weighted by Gasteiger charge is -1.81. The summed E-state index contributed by atoms with van der Waals surface area (Å²) < 4.78 is 0. The van der Waals surface area contributed by atoms with Crippen LogP contribution in [0, 0.1) is 0 Å². The van der Waals surface area contributed by atoms with Gasteiger partial charge in [0.15, 0.2) is 0 Å². The first-order chi connectivity index (χ1) is 3.77. The van der Waals surface area contributed by atoms with E-state index in [1.54, 1.807) is 0 Å². The third kappa shape index (κ3) is 19.2. The van der Waals surface area contributed by atoms with E-state index in [4.69, 9.17) is 10.5 Å². The second-order valence-electron chi connectivity index (χ2n) is 1.22. The zero-order valence-electron chi connectivity index (χ0n) is 5.02. The molecule has 0 radical (unpaired) electrons. The summed E-state index contributed by atoms with van der Waals surface area (Å²) in [5, 5.41) is 0. The maximum Gasteiger partial charge on any atom is 0.217 e. The second-order valence-corrected chi connectivity index (χ2v) is 1.22. The summed E-state index contributed by atoms with van der Waals surface area (Å²) in [6.07, 6.45) is 1.37. The molecule has 3 heteroatoms. The van der Waals surface area contributed by atoms with Crippen molar-refractivity contribution < 1.29 is 9.59 Å². The van der Waals surface area contributed by atoms with Crippen LogP contribution in [0.4, 0.5) is 0 Å². The van der Waals surface area contributed by atoms with Crippen LogP contribution >= 0.6 is 0 Å². The van der Waals surface area contributed by atoms with Crippen molar-refractivity contribution in [1.82, 2.24) is 0 Å². The predicted molar refractivity (Wildman–Crippen MR) is 31.2 cm³/mol. The first-order valence-electron chi connectivity index (χ1n) is 2.34. The van der Waals surface area contributed by atoms with Crippen LogP contribution in [0.25, 0.3) is 0 Å². The van der Waals surface area contributed by atoms with E-state index in [0.29, 0.717) is 6.42 Å². The van der Waals surface area contributed by atoms with Gasteiger partial charge in [0, 0.05) is 6.42 Å². The summed E-state index contributed by atoms with van der Waals surface area (Å²) in [7, 11) is 0. The number of amides is 1. The largest absolute Gasteiger partial charge is 0.370 e. The lowest BCUT2D eigenvalue weighted by Crippen LogP contribution is -2.08. The van der Waals surface area contributed by atoms with E-state index in [2.05, 4.69) is 0 Å². The highest BCUT2D eigenvalue weighted by atomic mass is 16.1. The van der Waals surface area contributed by atoms with Crippen LogP contribution in [0.1, 0.15) is 19.8 Å². The van der Waals surface area contributed by atoms with Gasteiger partial charge in [0.1, 0.15) is 6.79 Å². The minimum atomic E-state index is -0.211. The highest BCUT2D eigenvalue weighted by molar-refractivity contribution is 5.73. The molecule has 0 aliphatic carbocycles. The Labute approximate surface area is 48.9 Å². The van der Waals surface area contributed by atoms with Crippen LogP contribution in [-0.2, 0) is 9.59 Å². The van der Waals surface area contributed by atoms with E-state index in [1.165, 1.54) is 0 Å². The van der Waals surface area contributed by atoms with Crippen LogP contribution < -0.4 is 5.73 Å². The van der Waals surface area contributed by atoms with Crippen molar-refractivity contribution in [2.75, 3.05) is 0 Å². The van der Waals surface area contributed by atoms with Gasteiger partial charge in [-0.1, -0.05) is 6.92 Å². The zero-order valence-corrected chi connectivity index (χ0v) is 5.02. The molecule has 0 spiro atoms. The van der Waals surface area contributed by atoms with Crippen molar-refractivity contribution in [3.63, 3.8) is 0 Å². The van der Waals surface area contributed by atoms with Gasteiger partial charge in [0.25, 0.3) is 0 Å². The fourth-order valence-electron chi connectivity index (χ4n) is 0.246. The molecule has 0 saturated carbocycles. The Bertz CT molecular complexity index is 63.4. The third-order valence-electron chi connectivity index (χ3n) is 0.496. The van der Waals surface area contributed by atoms with Crippen molar-refractivity contribution in [2.24, 2.45) is 5.73 Å². The van der Waals surface area contributed by atoms with Crippen molar-refractivity contribution in [2.45, 2.75) is 19.8 Å². The molecule has 0 fully saturated rings. The van der Waals surface area contributed by atoms with Gasteiger partial charge in [-0.05, 0) is 6.42 Å². The number of rotatable bonds is 2. The molecule has 0 unspecified atom stereocenters. The fraction of sp³-hybridized carbons (Fsp3) is 0.600. The lowest BCUT2D eigenvalue weighted by molar-refractivity contribution is -0.118. The Morgan fingerprint density at radius 1 is 1.62 bits per heavy atom. The minimum Gasteiger partial charge on any atom is -0.370 e. The molecule has 0 bridgehead atoms. The van der Waals surface area contributed by atoms with E-state index >= 15 is 0 Å². The molecule has 0 rings (SSSR count). The monoisotopic (exact) mass is 117 g/mol. The van der Waals surface area contributed by atoms with Gasteiger partial charge in [-0.15, -0.1) is 0 Å². The molecule has 1 amide bonds. The Hall–Kier alpha value is -0.860. The van der Waals surface area contributed by atoms with E-state index < -0.39 is 0 Å². The minimum absolute atomic E-state index is 0.211. The number of carbonyl (C=O) groups excluding carboxylic acids is 2. The molecular weight excluding hydrogens is 106 g/mol. The molecule has 48 valence electrons. The van der Waals surface area contributed by atoms with Gasteiger partial charge in [-0.25, -0.2) is 0 Å².